The highest BCUT2D eigenvalue weighted by molar-refractivity contribution is 7.90. The molecule has 2 amide bonds. The maximum atomic E-state index is 12.1. The zero-order valence-electron chi connectivity index (χ0n) is 13.0. The molecular weight excluding hydrogens is 386 g/mol. The second-order valence-electron chi connectivity index (χ2n) is 5.04. The van der Waals surface area contributed by atoms with Crippen LogP contribution in [0.4, 0.5) is 4.79 Å². The first-order chi connectivity index (χ1) is 12.1. The van der Waals surface area contributed by atoms with Crippen molar-refractivity contribution in [2.45, 2.75) is 4.90 Å². The van der Waals surface area contributed by atoms with Gasteiger partial charge in [0.25, 0.3) is 16.6 Å². The highest BCUT2D eigenvalue weighted by Crippen LogP contribution is 2.26. The Kier molecular flexibility index (Phi) is 5.58. The van der Waals surface area contributed by atoms with E-state index in [-0.39, 0.29) is 14.3 Å². The van der Waals surface area contributed by atoms with Crippen molar-refractivity contribution < 1.29 is 22.9 Å². The molecule has 26 heavy (non-hydrogen) atoms. The molecule has 11 heteroatoms. The van der Waals surface area contributed by atoms with E-state index >= 15 is 0 Å². The number of halogens is 1. The van der Waals surface area contributed by atoms with Gasteiger partial charge < -0.3 is 5.73 Å². The predicted molar refractivity (Wildman–Crippen MR) is 92.5 cm³/mol. The number of nitrogens with zero attached hydrogens (tertiary/aromatic N) is 2. The van der Waals surface area contributed by atoms with Crippen LogP contribution >= 0.6 is 11.8 Å². The average molecular weight is 398 g/mol. The second kappa shape index (κ2) is 7.50. The van der Waals surface area contributed by atoms with E-state index in [1.165, 1.54) is 30.3 Å². The molecule has 2 N–H and O–H groups in total. The number of nitrogens with two attached hydrogens (primary N) is 1. The molecule has 0 atom stereocenters. The molecule has 136 valence electrons. The van der Waals surface area contributed by atoms with Gasteiger partial charge in [-0.15, -0.1) is 3.82 Å². The number of urea groups is 1. The fourth-order valence-corrected chi connectivity index (χ4v) is 3.34. The summed E-state index contributed by atoms with van der Waals surface area (Å²) in [7, 11) is -4.31. The van der Waals surface area contributed by atoms with Crippen molar-refractivity contribution in [2.75, 3.05) is 6.54 Å². The Labute approximate surface area is 153 Å². The highest BCUT2D eigenvalue weighted by Gasteiger charge is 2.26. The van der Waals surface area contributed by atoms with Gasteiger partial charge in [0, 0.05) is 22.3 Å². The molecule has 0 saturated heterocycles. The summed E-state index contributed by atoms with van der Waals surface area (Å²) < 4.78 is 24.0. The topological polar surface area (TPSA) is 141 Å². The molecule has 0 aliphatic heterocycles. The smallest absolute Gasteiger partial charge is 0.344 e. The van der Waals surface area contributed by atoms with Gasteiger partial charge in [0.05, 0.1) is 4.90 Å². The Morgan fingerprint density at radius 1 is 1.12 bits per heavy atom. The standard InChI is InChI=1S/C15H12ClN3O6S/c16-19(15(17)21)26(24,25)11-7-5-10(6-8-11)12-3-1-2-4-13(12)14(20)9-18(22)23/h1-8H,9H2,(H2,17,21). The Morgan fingerprint density at radius 2 is 1.69 bits per heavy atom. The molecule has 2 aromatic rings. The van der Waals surface area contributed by atoms with E-state index in [1.54, 1.807) is 18.2 Å². The van der Waals surface area contributed by atoms with Gasteiger partial charge in [-0.1, -0.05) is 36.4 Å². The first kappa shape index (κ1) is 19.3. The lowest BCUT2D eigenvalue weighted by Crippen LogP contribution is -2.33. The molecule has 0 aliphatic carbocycles. The Balaban J connectivity index is 2.43. The summed E-state index contributed by atoms with van der Waals surface area (Å²) in [5, 5.41) is 10.6. The zero-order chi connectivity index (χ0) is 19.5. The molecule has 9 nitrogen and oxygen atoms in total. The van der Waals surface area contributed by atoms with Crippen molar-refractivity contribution in [1.82, 2.24) is 3.82 Å². The normalized spacial score (nSPS) is 11.0. The molecule has 0 saturated carbocycles. The van der Waals surface area contributed by atoms with E-state index in [1.807, 2.05) is 0 Å². The lowest BCUT2D eigenvalue weighted by molar-refractivity contribution is -0.465. The number of carbonyl (C=O) groups excluding carboxylic acids is 2. The van der Waals surface area contributed by atoms with Crippen LogP contribution in [0.3, 0.4) is 0 Å². The molecule has 0 spiro atoms. The number of nitro groups is 1. The highest BCUT2D eigenvalue weighted by atomic mass is 35.5. The third kappa shape index (κ3) is 3.98. The summed E-state index contributed by atoms with van der Waals surface area (Å²) in [5.41, 5.74) is 5.85. The minimum Gasteiger partial charge on any atom is -0.350 e. The summed E-state index contributed by atoms with van der Waals surface area (Å²) in [6, 6.07) is 9.99. The van der Waals surface area contributed by atoms with Crippen molar-refractivity contribution in [1.29, 1.82) is 0 Å². The minimum atomic E-state index is -4.31. The van der Waals surface area contributed by atoms with Crippen LogP contribution in [0.15, 0.2) is 53.4 Å². The zero-order valence-corrected chi connectivity index (χ0v) is 14.6. The van der Waals surface area contributed by atoms with Gasteiger partial charge in [0.15, 0.2) is 0 Å². The number of amides is 2. The maximum absolute atomic E-state index is 12.1. The molecule has 2 rings (SSSR count). The number of primary amides is 1. The van der Waals surface area contributed by atoms with Gasteiger partial charge in [-0.05, 0) is 23.3 Å². The minimum absolute atomic E-state index is 0.115. The van der Waals surface area contributed by atoms with E-state index in [0.29, 0.717) is 11.1 Å². The van der Waals surface area contributed by atoms with Crippen LogP contribution in [-0.4, -0.2) is 35.5 Å². The number of Topliss-reactive ketones (excluding diaryl/α,β-unsaturated/α-hetero) is 1. The summed E-state index contributed by atoms with van der Waals surface area (Å²) in [4.78, 5) is 32.5. The summed E-state index contributed by atoms with van der Waals surface area (Å²) >= 11 is 5.38. The molecule has 0 radical (unpaired) electrons. The number of hydrogen-bond acceptors (Lipinski definition) is 6. The Morgan fingerprint density at radius 3 is 2.23 bits per heavy atom. The van der Waals surface area contributed by atoms with Crippen molar-refractivity contribution in [2.24, 2.45) is 5.73 Å². The SMILES string of the molecule is NC(=O)N(Cl)S(=O)(=O)c1ccc(-c2ccccc2C(=O)C[N+](=O)[O-])cc1. The first-order valence-corrected chi connectivity index (χ1v) is 8.77. The van der Waals surface area contributed by atoms with Crippen LogP contribution in [0, 0.1) is 10.1 Å². The third-order valence-corrected chi connectivity index (χ3v) is 5.53. The fraction of sp³-hybridized carbons (Fsp3) is 0.0667. The van der Waals surface area contributed by atoms with E-state index in [9.17, 15) is 28.1 Å². The van der Waals surface area contributed by atoms with E-state index in [0.717, 1.165) is 0 Å². The number of benzene rings is 2. The fourth-order valence-electron chi connectivity index (χ4n) is 2.20. The van der Waals surface area contributed by atoms with Crippen LogP contribution < -0.4 is 5.73 Å². The van der Waals surface area contributed by atoms with Gasteiger partial charge in [-0.25, -0.2) is 4.79 Å². The average Bonchev–Trinajstić information content (AvgIpc) is 2.60. The van der Waals surface area contributed by atoms with Gasteiger partial charge in [-0.2, -0.15) is 8.42 Å². The quantitative estimate of drug-likeness (QED) is 0.342. The summed E-state index contributed by atoms with van der Waals surface area (Å²) in [5.74, 6) is -0.678. The lowest BCUT2D eigenvalue weighted by Gasteiger charge is -2.12. The van der Waals surface area contributed by atoms with Gasteiger partial charge in [-0.3, -0.25) is 14.9 Å². The van der Waals surface area contributed by atoms with Crippen LogP contribution in [0.1, 0.15) is 10.4 Å². The van der Waals surface area contributed by atoms with E-state index < -0.39 is 33.3 Å². The molecule has 0 aromatic heterocycles. The van der Waals surface area contributed by atoms with Gasteiger partial charge >= 0.3 is 6.03 Å². The molecule has 0 unspecified atom stereocenters. The Bertz CT molecular complexity index is 975. The molecule has 0 fully saturated rings. The molecule has 0 heterocycles. The van der Waals surface area contributed by atoms with Crippen molar-refractivity contribution in [3.8, 4) is 11.1 Å². The Hall–Kier alpha value is -2.98. The first-order valence-electron chi connectivity index (χ1n) is 6.99. The summed E-state index contributed by atoms with van der Waals surface area (Å²) in [6.45, 7) is -0.858. The number of ketones is 1. The summed E-state index contributed by atoms with van der Waals surface area (Å²) in [6.07, 6.45) is 0. The van der Waals surface area contributed by atoms with E-state index in [2.05, 4.69) is 0 Å². The molecule has 2 aromatic carbocycles. The van der Waals surface area contributed by atoms with Crippen molar-refractivity contribution in [3.05, 3.63) is 64.2 Å². The lowest BCUT2D eigenvalue weighted by atomic mass is 9.97. The number of carbonyl (C=O) groups is 2. The van der Waals surface area contributed by atoms with Gasteiger partial charge in [0.1, 0.15) is 0 Å². The monoisotopic (exact) mass is 397 g/mol. The number of hydrogen-bond donors (Lipinski definition) is 1. The number of sulfonamides is 1. The maximum Gasteiger partial charge on any atom is 0.344 e. The molecule has 0 aliphatic rings. The molecular formula is C15H12ClN3O6S. The van der Waals surface area contributed by atoms with E-state index in [4.69, 9.17) is 17.5 Å². The van der Waals surface area contributed by atoms with Crippen molar-refractivity contribution in [3.63, 3.8) is 0 Å². The van der Waals surface area contributed by atoms with Crippen LogP contribution in [0.5, 0.6) is 0 Å². The van der Waals surface area contributed by atoms with Gasteiger partial charge in [0.2, 0.25) is 5.78 Å². The predicted octanol–water partition coefficient (Wildman–Crippen LogP) is 2.04. The van der Waals surface area contributed by atoms with Crippen LogP contribution in [0.25, 0.3) is 11.1 Å². The van der Waals surface area contributed by atoms with Crippen molar-refractivity contribution >= 4 is 33.6 Å². The third-order valence-electron chi connectivity index (χ3n) is 3.35. The van der Waals surface area contributed by atoms with Crippen LogP contribution in [0.2, 0.25) is 0 Å². The second-order valence-corrected chi connectivity index (χ2v) is 7.37. The largest absolute Gasteiger partial charge is 0.350 e. The molecule has 0 bridgehead atoms. The van der Waals surface area contributed by atoms with Crippen LogP contribution in [-0.2, 0) is 10.0 Å². The number of rotatable bonds is 6.